The van der Waals surface area contributed by atoms with Crippen LogP contribution in [0.2, 0.25) is 0 Å². The Morgan fingerprint density at radius 2 is 1.33 bits per heavy atom. The molecule has 0 saturated carbocycles. The fourth-order valence-electron chi connectivity index (χ4n) is 5.15. The monoisotopic (exact) mass is 424 g/mol. The van der Waals surface area contributed by atoms with E-state index in [-0.39, 0.29) is 0 Å². The van der Waals surface area contributed by atoms with Crippen LogP contribution in [0.3, 0.4) is 0 Å². The van der Waals surface area contributed by atoms with Gasteiger partial charge >= 0.3 is 0 Å². The van der Waals surface area contributed by atoms with Gasteiger partial charge in [0.15, 0.2) is 0 Å². The molecule has 4 nitrogen and oxygen atoms in total. The molecule has 178 valence electrons. The number of rotatable bonds is 18. The lowest BCUT2D eigenvalue weighted by molar-refractivity contribution is 0.0603. The molecule has 30 heavy (non-hydrogen) atoms. The fourth-order valence-corrected chi connectivity index (χ4v) is 5.15. The summed E-state index contributed by atoms with van der Waals surface area (Å²) in [5.41, 5.74) is 0. The van der Waals surface area contributed by atoms with Gasteiger partial charge in [0.1, 0.15) is 0 Å². The predicted molar refractivity (Wildman–Crippen MR) is 128 cm³/mol. The van der Waals surface area contributed by atoms with Crippen molar-refractivity contribution in [3.8, 4) is 0 Å². The van der Waals surface area contributed by atoms with Gasteiger partial charge in [-0.25, -0.2) is 0 Å². The standard InChI is InChI=1S/C26H52N2O2/c1-5-7-9-10-13-22(12-8-6-2)14-11-15-27-17-23-19-29-26-24(20-30-25(23)26)18-28-16-21(3)4/h21-28H,5-20H2,1-4H3. The van der Waals surface area contributed by atoms with Crippen molar-refractivity contribution in [1.29, 1.82) is 0 Å². The number of hydrogen-bond acceptors (Lipinski definition) is 4. The van der Waals surface area contributed by atoms with Crippen LogP contribution >= 0.6 is 0 Å². The van der Waals surface area contributed by atoms with E-state index >= 15 is 0 Å². The van der Waals surface area contributed by atoms with E-state index in [1.165, 1.54) is 64.2 Å². The van der Waals surface area contributed by atoms with Crippen LogP contribution in [0.4, 0.5) is 0 Å². The van der Waals surface area contributed by atoms with Gasteiger partial charge in [-0.2, -0.15) is 0 Å². The van der Waals surface area contributed by atoms with Gasteiger partial charge in [-0.05, 0) is 37.8 Å². The first-order valence-corrected chi connectivity index (χ1v) is 13.3. The van der Waals surface area contributed by atoms with Crippen LogP contribution in [0.1, 0.15) is 91.9 Å². The number of ether oxygens (including phenoxy) is 2. The molecular weight excluding hydrogens is 372 g/mol. The molecule has 0 spiro atoms. The van der Waals surface area contributed by atoms with E-state index < -0.39 is 0 Å². The molecule has 0 aliphatic carbocycles. The molecule has 2 aliphatic rings. The number of fused-ring (bicyclic) bond motifs is 1. The van der Waals surface area contributed by atoms with E-state index in [9.17, 15) is 0 Å². The average molecular weight is 425 g/mol. The molecule has 0 aromatic heterocycles. The molecule has 0 radical (unpaired) electrons. The third-order valence-electron chi connectivity index (χ3n) is 7.02. The van der Waals surface area contributed by atoms with Gasteiger partial charge in [0.2, 0.25) is 0 Å². The molecule has 2 fully saturated rings. The largest absolute Gasteiger partial charge is 0.375 e. The van der Waals surface area contributed by atoms with Crippen molar-refractivity contribution < 1.29 is 9.47 Å². The highest BCUT2D eigenvalue weighted by atomic mass is 16.6. The van der Waals surface area contributed by atoms with Crippen molar-refractivity contribution in [2.45, 2.75) is 104 Å². The topological polar surface area (TPSA) is 42.5 Å². The summed E-state index contributed by atoms with van der Waals surface area (Å²) in [6, 6.07) is 0. The van der Waals surface area contributed by atoms with E-state index in [0.717, 1.165) is 45.3 Å². The van der Waals surface area contributed by atoms with E-state index in [1.54, 1.807) is 0 Å². The lowest BCUT2D eigenvalue weighted by Crippen LogP contribution is -2.36. The van der Waals surface area contributed by atoms with Crippen LogP contribution in [-0.4, -0.2) is 51.6 Å². The molecule has 2 saturated heterocycles. The molecule has 4 heteroatoms. The van der Waals surface area contributed by atoms with Crippen molar-refractivity contribution >= 4 is 0 Å². The maximum absolute atomic E-state index is 6.16. The second-order valence-corrected chi connectivity index (χ2v) is 10.4. The smallest absolute Gasteiger partial charge is 0.0903 e. The predicted octanol–water partition coefficient (Wildman–Crippen LogP) is 5.41. The zero-order chi connectivity index (χ0) is 21.6. The Morgan fingerprint density at radius 1 is 0.733 bits per heavy atom. The molecule has 0 bridgehead atoms. The third kappa shape index (κ3) is 9.54. The maximum atomic E-state index is 6.16. The van der Waals surface area contributed by atoms with Crippen LogP contribution in [0.25, 0.3) is 0 Å². The van der Waals surface area contributed by atoms with Gasteiger partial charge in [0, 0.05) is 24.9 Å². The molecule has 0 amide bonds. The van der Waals surface area contributed by atoms with Crippen molar-refractivity contribution in [2.24, 2.45) is 23.7 Å². The molecule has 2 aliphatic heterocycles. The van der Waals surface area contributed by atoms with Crippen molar-refractivity contribution in [1.82, 2.24) is 10.6 Å². The van der Waals surface area contributed by atoms with Crippen molar-refractivity contribution in [3.63, 3.8) is 0 Å². The van der Waals surface area contributed by atoms with Crippen LogP contribution < -0.4 is 10.6 Å². The van der Waals surface area contributed by atoms with E-state index in [1.807, 2.05) is 0 Å². The minimum absolute atomic E-state index is 0.304. The van der Waals surface area contributed by atoms with E-state index in [0.29, 0.717) is 30.0 Å². The first-order valence-electron chi connectivity index (χ1n) is 13.3. The van der Waals surface area contributed by atoms with Gasteiger partial charge in [0.05, 0.1) is 25.4 Å². The summed E-state index contributed by atoms with van der Waals surface area (Å²) in [6.07, 6.45) is 14.5. The second kappa shape index (κ2) is 15.6. The van der Waals surface area contributed by atoms with Gasteiger partial charge in [-0.1, -0.05) is 79.1 Å². The van der Waals surface area contributed by atoms with Crippen LogP contribution in [-0.2, 0) is 9.47 Å². The maximum Gasteiger partial charge on any atom is 0.0903 e. The third-order valence-corrected chi connectivity index (χ3v) is 7.02. The summed E-state index contributed by atoms with van der Waals surface area (Å²) in [5.74, 6) is 2.68. The Hall–Kier alpha value is -0.160. The van der Waals surface area contributed by atoms with Crippen LogP contribution in [0.5, 0.6) is 0 Å². The zero-order valence-electron chi connectivity index (χ0n) is 20.6. The Balaban J connectivity index is 1.57. The first-order chi connectivity index (χ1) is 14.7. The number of hydrogen-bond donors (Lipinski definition) is 2. The summed E-state index contributed by atoms with van der Waals surface area (Å²) < 4.78 is 12.3. The quantitative estimate of drug-likeness (QED) is 0.289. The zero-order valence-corrected chi connectivity index (χ0v) is 20.6. The second-order valence-electron chi connectivity index (χ2n) is 10.4. The highest BCUT2D eigenvalue weighted by Gasteiger charge is 2.46. The van der Waals surface area contributed by atoms with Crippen LogP contribution in [0.15, 0.2) is 0 Å². The van der Waals surface area contributed by atoms with Gasteiger partial charge in [-0.3, -0.25) is 0 Å². The highest BCUT2D eigenvalue weighted by Crippen LogP contribution is 2.34. The molecule has 2 heterocycles. The lowest BCUT2D eigenvalue weighted by atomic mass is 9.91. The molecule has 2 N–H and O–H groups in total. The number of unbranched alkanes of at least 4 members (excludes halogenated alkanes) is 4. The van der Waals surface area contributed by atoms with Crippen LogP contribution in [0, 0.1) is 23.7 Å². The van der Waals surface area contributed by atoms with Gasteiger partial charge in [0.25, 0.3) is 0 Å². The molecule has 0 aromatic rings. The Kier molecular flexibility index (Phi) is 13.6. The molecular formula is C26H52N2O2. The Labute approximate surface area is 187 Å². The fraction of sp³-hybridized carbons (Fsp3) is 1.00. The van der Waals surface area contributed by atoms with Gasteiger partial charge in [-0.15, -0.1) is 0 Å². The normalized spacial score (nSPS) is 27.1. The van der Waals surface area contributed by atoms with E-state index in [4.69, 9.17) is 9.47 Å². The first kappa shape index (κ1) is 26.1. The van der Waals surface area contributed by atoms with Crippen molar-refractivity contribution in [3.05, 3.63) is 0 Å². The molecule has 5 atom stereocenters. The Bertz CT molecular complexity index is 418. The Morgan fingerprint density at radius 3 is 1.97 bits per heavy atom. The molecule has 5 unspecified atom stereocenters. The number of nitrogens with one attached hydrogen (secondary N) is 2. The lowest BCUT2D eigenvalue weighted by Gasteiger charge is -2.19. The summed E-state index contributed by atoms with van der Waals surface area (Å²) in [5, 5.41) is 7.31. The summed E-state index contributed by atoms with van der Waals surface area (Å²) >= 11 is 0. The molecule has 2 rings (SSSR count). The minimum atomic E-state index is 0.304. The summed E-state index contributed by atoms with van der Waals surface area (Å²) in [7, 11) is 0. The minimum Gasteiger partial charge on any atom is -0.375 e. The van der Waals surface area contributed by atoms with Gasteiger partial charge < -0.3 is 20.1 Å². The average Bonchev–Trinajstić information content (AvgIpc) is 3.31. The molecule has 0 aromatic carbocycles. The highest BCUT2D eigenvalue weighted by molar-refractivity contribution is 4.95. The van der Waals surface area contributed by atoms with E-state index in [2.05, 4.69) is 38.3 Å². The SMILES string of the molecule is CCCCCCC(CCCC)CCCNCC1COC2C(CNCC(C)C)COC12. The summed E-state index contributed by atoms with van der Waals surface area (Å²) in [6.45, 7) is 15.1. The van der Waals surface area contributed by atoms with Crippen molar-refractivity contribution in [2.75, 3.05) is 39.4 Å². The summed E-state index contributed by atoms with van der Waals surface area (Å²) in [4.78, 5) is 0.